The van der Waals surface area contributed by atoms with Crippen LogP contribution >= 0.6 is 11.3 Å². The van der Waals surface area contributed by atoms with Crippen molar-refractivity contribution in [2.45, 2.75) is 76.7 Å². The van der Waals surface area contributed by atoms with Gasteiger partial charge in [0.1, 0.15) is 23.1 Å². The zero-order chi connectivity index (χ0) is 67.4. The molecule has 0 aliphatic carbocycles. The summed E-state index contributed by atoms with van der Waals surface area (Å²) in [5, 5.41) is 21.0. The Morgan fingerprint density at radius 1 is 0.643 bits per heavy atom. The second-order valence-electron chi connectivity index (χ2n) is 25.8. The van der Waals surface area contributed by atoms with Crippen molar-refractivity contribution in [1.82, 2.24) is 59.9 Å². The van der Waals surface area contributed by atoms with Crippen LogP contribution in [0.2, 0.25) is 0 Å². The topological polar surface area (TPSA) is 253 Å². The molecular formula is C73H80N14O10S. The number of nitrogens with zero attached hydrogens (tertiary/aromatic N) is 11. The van der Waals surface area contributed by atoms with E-state index in [1.54, 1.807) is 15.4 Å². The number of piperidine rings is 2. The van der Waals surface area contributed by atoms with E-state index < -0.39 is 29.6 Å². The molecule has 5 aliphatic rings. The van der Waals surface area contributed by atoms with Gasteiger partial charge in [-0.25, -0.2) is 14.8 Å². The van der Waals surface area contributed by atoms with E-state index in [1.165, 1.54) is 11.3 Å². The lowest BCUT2D eigenvalue weighted by Gasteiger charge is -2.34. The first-order chi connectivity index (χ1) is 47.8. The summed E-state index contributed by atoms with van der Waals surface area (Å²) in [6.07, 6.45) is 3.96. The molecule has 98 heavy (non-hydrogen) atoms. The summed E-state index contributed by atoms with van der Waals surface area (Å²) in [5.74, 6) is -2.05. The Labute approximate surface area is 571 Å². The van der Waals surface area contributed by atoms with Gasteiger partial charge in [0.2, 0.25) is 11.8 Å². The number of anilines is 2. The molecule has 5 aliphatic heterocycles. The number of imide groups is 2. The number of amides is 5. The number of nitrogens with one attached hydrogen (secondary N) is 3. The number of para-hydroxylation sites is 1. The molecule has 0 saturated carbocycles. The molecule has 25 heteroatoms. The monoisotopic (exact) mass is 1340 g/mol. The van der Waals surface area contributed by atoms with E-state index in [2.05, 4.69) is 40.7 Å². The molecule has 0 bridgehead atoms. The highest BCUT2D eigenvalue weighted by Gasteiger charge is 2.42. The summed E-state index contributed by atoms with van der Waals surface area (Å²) in [6.45, 7) is 14.8. The van der Waals surface area contributed by atoms with E-state index in [9.17, 15) is 24.0 Å². The standard InChI is InChI=1S/C73H80N14O10S/c1-46-50(12-7-15-61(46)96-42-10-32-85-38-36-84(37-39-85)31-9-41-95-48-17-19-53-59(43-48)81(2)79-66(53)55-22-25-64(88)77-70(55)91)51-21-24-63(86-33-27-47-11-6-13-52(57(47)45-86)69(90)78-73-75-58-14-4-5-16-62(58)98-73)76-68(51)72(93)97-87-65(89)26-23-56(71(87)92)67-54-20-18-49(44-60(54)82(3)80-67)94-40-8-30-83-34-28-74-29-35-83/h4-7,11-21,24,43-44,55-56,74H,8-10,22-23,25-42,45H2,1-3H3,(H,75,78,90)(H,77,88,91). The number of aromatic nitrogens is 6. The quantitative estimate of drug-likeness (QED) is 0.0402. The molecule has 5 aromatic carbocycles. The van der Waals surface area contributed by atoms with Crippen LogP contribution < -0.4 is 35.1 Å². The molecule has 14 rings (SSSR count). The van der Waals surface area contributed by atoms with Gasteiger partial charge in [0.25, 0.3) is 17.7 Å². The molecular weight excluding hydrogens is 1260 g/mol. The molecule has 2 atom stereocenters. The third-order valence-electron chi connectivity index (χ3n) is 19.5. The highest BCUT2D eigenvalue weighted by molar-refractivity contribution is 7.22. The Morgan fingerprint density at radius 2 is 1.29 bits per heavy atom. The zero-order valence-corrected chi connectivity index (χ0v) is 56.2. The Morgan fingerprint density at radius 3 is 1.97 bits per heavy atom. The predicted octanol–water partition coefficient (Wildman–Crippen LogP) is 8.31. The second kappa shape index (κ2) is 29.2. The lowest BCUT2D eigenvalue weighted by Crippen LogP contribution is -2.47. The van der Waals surface area contributed by atoms with E-state index in [0.29, 0.717) is 108 Å². The number of piperazine rings is 2. The molecule has 2 unspecified atom stereocenters. The minimum absolute atomic E-state index is 0.0725. The van der Waals surface area contributed by atoms with Gasteiger partial charge in [-0.15, -0.1) is 5.06 Å². The average Bonchev–Trinajstić information content (AvgIpc) is 1.52. The van der Waals surface area contributed by atoms with Gasteiger partial charge in [0.05, 0.1) is 64.3 Å². The van der Waals surface area contributed by atoms with Crippen molar-refractivity contribution in [2.24, 2.45) is 14.1 Å². The minimum atomic E-state index is -0.995. The molecule has 24 nitrogen and oxygen atoms in total. The highest BCUT2D eigenvalue weighted by Crippen LogP contribution is 2.39. The van der Waals surface area contributed by atoms with Gasteiger partial charge in [-0.2, -0.15) is 10.2 Å². The van der Waals surface area contributed by atoms with Crippen LogP contribution in [0.15, 0.2) is 109 Å². The first kappa shape index (κ1) is 65.6. The normalized spacial score (nSPS) is 18.2. The van der Waals surface area contributed by atoms with Crippen molar-refractivity contribution in [3.05, 3.63) is 149 Å². The third kappa shape index (κ3) is 14.2. The van der Waals surface area contributed by atoms with Crippen molar-refractivity contribution < 1.29 is 47.8 Å². The number of ether oxygens (including phenoxy) is 3. The molecule has 3 N–H and O–H groups in total. The number of carbonyl (C=O) groups excluding carboxylic acids is 6. The number of hydrogen-bond acceptors (Lipinski definition) is 20. The number of benzene rings is 5. The molecule has 4 saturated heterocycles. The zero-order valence-electron chi connectivity index (χ0n) is 55.4. The number of thiazole rings is 1. The second-order valence-corrected chi connectivity index (χ2v) is 26.8. The SMILES string of the molecule is Cc1c(OCCCN2CCN(CCCOc3ccc4c(C5CCC(=O)NC5=O)nn(C)c4c3)CC2)cccc1-c1ccc(N2CCc3cccc(C(=O)Nc4nc5ccccc5s4)c3C2)nc1C(=O)ON1C(=O)CCC(c2nn(C)c3cc(OCCCN4CCNCC4)ccc23)C1=O. The highest BCUT2D eigenvalue weighted by atomic mass is 32.1. The van der Waals surface area contributed by atoms with Gasteiger partial charge in [-0.1, -0.05) is 47.7 Å². The van der Waals surface area contributed by atoms with E-state index in [1.807, 2.05) is 129 Å². The Bertz CT molecular complexity index is 4480. The van der Waals surface area contributed by atoms with Crippen LogP contribution in [0.3, 0.4) is 0 Å². The summed E-state index contributed by atoms with van der Waals surface area (Å²) < 4.78 is 23.3. The summed E-state index contributed by atoms with van der Waals surface area (Å²) in [5.41, 5.74) is 7.64. The van der Waals surface area contributed by atoms with Crippen LogP contribution in [0, 0.1) is 6.92 Å². The number of hydrogen-bond donors (Lipinski definition) is 3. The number of pyridine rings is 1. The molecule has 4 aromatic heterocycles. The van der Waals surface area contributed by atoms with Crippen LogP contribution in [0.25, 0.3) is 43.1 Å². The van der Waals surface area contributed by atoms with Gasteiger partial charge in [0, 0.05) is 146 Å². The van der Waals surface area contributed by atoms with Crippen molar-refractivity contribution in [1.29, 1.82) is 0 Å². The fourth-order valence-corrected chi connectivity index (χ4v) is 15.0. The fraction of sp³-hybridized carbons (Fsp3) is 0.397. The molecule has 508 valence electrons. The average molecular weight is 1350 g/mol. The summed E-state index contributed by atoms with van der Waals surface area (Å²) in [4.78, 5) is 107. The predicted molar refractivity (Wildman–Crippen MR) is 372 cm³/mol. The van der Waals surface area contributed by atoms with Crippen LogP contribution in [0.4, 0.5) is 10.9 Å². The van der Waals surface area contributed by atoms with Crippen LogP contribution in [0.1, 0.15) is 106 Å². The fourth-order valence-electron chi connectivity index (χ4n) is 14.1. The van der Waals surface area contributed by atoms with Gasteiger partial charge in [-0.05, 0) is 128 Å². The number of hydroxylamine groups is 2. The molecule has 0 radical (unpaired) electrons. The number of carbonyl (C=O) groups is 6. The molecule has 5 amide bonds. The van der Waals surface area contributed by atoms with Gasteiger partial charge in [-0.3, -0.25) is 44.0 Å². The lowest BCUT2D eigenvalue weighted by molar-refractivity contribution is -0.185. The van der Waals surface area contributed by atoms with E-state index in [4.69, 9.17) is 29.1 Å². The Hall–Kier alpha value is -9.66. The largest absolute Gasteiger partial charge is 0.493 e. The number of rotatable bonds is 23. The summed E-state index contributed by atoms with van der Waals surface area (Å²) >= 11 is 1.41. The molecule has 0 spiro atoms. The van der Waals surface area contributed by atoms with Crippen molar-refractivity contribution in [3.63, 3.8) is 0 Å². The Kier molecular flexibility index (Phi) is 19.5. The maximum atomic E-state index is 15.1. The number of aryl methyl sites for hydroxylation is 2. The van der Waals surface area contributed by atoms with Crippen LogP contribution in [0.5, 0.6) is 17.2 Å². The molecule has 9 aromatic rings. The van der Waals surface area contributed by atoms with Crippen molar-refractivity contribution in [3.8, 4) is 28.4 Å². The van der Waals surface area contributed by atoms with Gasteiger partial charge >= 0.3 is 5.97 Å². The van der Waals surface area contributed by atoms with Crippen LogP contribution in [-0.4, -0.2) is 183 Å². The maximum Gasteiger partial charge on any atom is 0.382 e. The summed E-state index contributed by atoms with van der Waals surface area (Å²) in [7, 11) is 3.66. The third-order valence-corrected chi connectivity index (χ3v) is 20.4. The number of fused-ring (bicyclic) bond motifs is 4. The first-order valence-electron chi connectivity index (χ1n) is 34.0. The van der Waals surface area contributed by atoms with Crippen molar-refractivity contribution in [2.75, 3.05) is 109 Å². The lowest BCUT2D eigenvalue weighted by atomic mass is 9.92. The Balaban J connectivity index is 0.634. The van der Waals surface area contributed by atoms with Crippen LogP contribution in [-0.2, 0) is 51.1 Å². The summed E-state index contributed by atoms with van der Waals surface area (Å²) in [6, 6.07) is 34.3. The van der Waals surface area contributed by atoms with Gasteiger partial charge in [0.15, 0.2) is 10.8 Å². The van der Waals surface area contributed by atoms with Gasteiger partial charge < -0.3 is 44.0 Å². The molecule has 9 heterocycles. The first-order valence-corrected chi connectivity index (χ1v) is 34.8. The van der Waals surface area contributed by atoms with E-state index >= 15 is 4.79 Å². The van der Waals surface area contributed by atoms with E-state index in [-0.39, 0.29) is 36.3 Å². The van der Waals surface area contributed by atoms with E-state index in [0.717, 1.165) is 146 Å². The van der Waals surface area contributed by atoms with Crippen molar-refractivity contribution >= 4 is 89.8 Å². The molecule has 4 fully saturated rings. The maximum absolute atomic E-state index is 15.1. The smallest absolute Gasteiger partial charge is 0.382 e. The minimum Gasteiger partial charge on any atom is -0.493 e.